The van der Waals surface area contributed by atoms with Gasteiger partial charge in [-0.15, -0.1) is 0 Å². The number of hydrogen-bond donors (Lipinski definition) is 2. The summed E-state index contributed by atoms with van der Waals surface area (Å²) in [6.07, 6.45) is 0. The van der Waals surface area contributed by atoms with Crippen molar-refractivity contribution in [3.05, 3.63) is 0 Å². The molecule has 0 aliphatic carbocycles. The van der Waals surface area contributed by atoms with Crippen molar-refractivity contribution in [2.75, 3.05) is 26.7 Å². The summed E-state index contributed by atoms with van der Waals surface area (Å²) < 4.78 is 0. The summed E-state index contributed by atoms with van der Waals surface area (Å²) in [4.78, 5) is 37.3. The molecular formula is C13H25N3O4. The van der Waals surface area contributed by atoms with Crippen molar-refractivity contribution in [1.29, 1.82) is 0 Å². The monoisotopic (exact) mass is 287 g/mol. The molecule has 2 N–H and O–H groups in total. The summed E-state index contributed by atoms with van der Waals surface area (Å²) in [5, 5.41) is 11.6. The first-order valence-corrected chi connectivity index (χ1v) is 6.71. The fourth-order valence-electron chi connectivity index (χ4n) is 1.64. The lowest BCUT2D eigenvalue weighted by molar-refractivity contribution is -0.141. The van der Waals surface area contributed by atoms with E-state index in [-0.39, 0.29) is 31.1 Å². The van der Waals surface area contributed by atoms with E-state index in [0.717, 1.165) is 0 Å². The van der Waals surface area contributed by atoms with Crippen LogP contribution >= 0.6 is 0 Å². The van der Waals surface area contributed by atoms with E-state index in [4.69, 9.17) is 5.11 Å². The number of carbonyl (C=O) groups is 3. The molecule has 0 aliphatic rings. The van der Waals surface area contributed by atoms with Crippen molar-refractivity contribution in [2.45, 2.75) is 33.7 Å². The minimum atomic E-state index is -0.948. The zero-order chi connectivity index (χ0) is 15.9. The van der Waals surface area contributed by atoms with Gasteiger partial charge < -0.3 is 20.2 Å². The number of carboxylic acid groups (broad SMARTS) is 1. The fourth-order valence-corrected chi connectivity index (χ4v) is 1.64. The molecule has 0 radical (unpaired) electrons. The normalized spacial score (nSPS) is 11.9. The molecule has 0 aromatic rings. The van der Waals surface area contributed by atoms with Crippen molar-refractivity contribution >= 4 is 17.9 Å². The number of urea groups is 1. The Kier molecular flexibility index (Phi) is 7.64. The Morgan fingerprint density at radius 2 is 1.75 bits per heavy atom. The van der Waals surface area contributed by atoms with Gasteiger partial charge in [-0.3, -0.25) is 9.59 Å². The predicted octanol–water partition coefficient (Wildman–Crippen LogP) is 0.605. The highest BCUT2D eigenvalue weighted by molar-refractivity contribution is 5.84. The van der Waals surface area contributed by atoms with Crippen LogP contribution in [0.15, 0.2) is 0 Å². The number of hydrogen-bond acceptors (Lipinski definition) is 3. The number of nitrogens with one attached hydrogen (secondary N) is 1. The maximum absolute atomic E-state index is 12.1. The molecule has 0 aromatic heterocycles. The second-order valence-electron chi connectivity index (χ2n) is 5.14. The molecule has 1 unspecified atom stereocenters. The SMILES string of the molecule is CCN(CC(C)C(=O)O)C(=O)N(C)CC(=O)NC(C)C. The van der Waals surface area contributed by atoms with Crippen LogP contribution in [-0.4, -0.2) is 65.5 Å². The third-order valence-electron chi connectivity index (χ3n) is 2.73. The quantitative estimate of drug-likeness (QED) is 0.717. The van der Waals surface area contributed by atoms with Gasteiger partial charge in [0.05, 0.1) is 5.92 Å². The van der Waals surface area contributed by atoms with Crippen LogP contribution in [0.4, 0.5) is 4.79 Å². The van der Waals surface area contributed by atoms with E-state index in [2.05, 4.69) is 5.32 Å². The third kappa shape index (κ3) is 6.40. The number of likely N-dealkylation sites (N-methyl/N-ethyl adjacent to an activating group) is 1. The second-order valence-corrected chi connectivity index (χ2v) is 5.14. The molecule has 0 fully saturated rings. The summed E-state index contributed by atoms with van der Waals surface area (Å²) in [5.41, 5.74) is 0. The van der Waals surface area contributed by atoms with Crippen molar-refractivity contribution in [3.63, 3.8) is 0 Å². The van der Waals surface area contributed by atoms with E-state index < -0.39 is 11.9 Å². The Bertz CT molecular complexity index is 358. The highest BCUT2D eigenvalue weighted by Gasteiger charge is 2.23. The zero-order valence-electron chi connectivity index (χ0n) is 12.8. The van der Waals surface area contributed by atoms with Crippen molar-refractivity contribution in [3.8, 4) is 0 Å². The van der Waals surface area contributed by atoms with Gasteiger partial charge in [0.2, 0.25) is 5.91 Å². The molecule has 0 aromatic carbocycles. The lowest BCUT2D eigenvalue weighted by Gasteiger charge is -2.28. The standard InChI is InChI=1S/C13H25N3O4/c1-6-16(7-10(4)12(18)19)13(20)15(5)8-11(17)14-9(2)3/h9-10H,6-8H2,1-5H3,(H,14,17)(H,18,19). The van der Waals surface area contributed by atoms with Gasteiger partial charge in [-0.25, -0.2) is 4.79 Å². The van der Waals surface area contributed by atoms with Crippen LogP contribution in [0.2, 0.25) is 0 Å². The average Bonchev–Trinajstić information content (AvgIpc) is 2.33. The molecule has 7 heteroatoms. The predicted molar refractivity (Wildman–Crippen MR) is 75.4 cm³/mol. The molecule has 0 saturated heterocycles. The molecule has 0 bridgehead atoms. The Labute approximate surface area is 119 Å². The van der Waals surface area contributed by atoms with E-state index in [0.29, 0.717) is 6.54 Å². The van der Waals surface area contributed by atoms with Crippen molar-refractivity contribution in [2.24, 2.45) is 5.92 Å². The fraction of sp³-hybridized carbons (Fsp3) is 0.769. The third-order valence-corrected chi connectivity index (χ3v) is 2.73. The smallest absolute Gasteiger partial charge is 0.320 e. The average molecular weight is 287 g/mol. The van der Waals surface area contributed by atoms with Crippen LogP contribution < -0.4 is 5.32 Å². The van der Waals surface area contributed by atoms with Gasteiger partial charge in [-0.2, -0.15) is 0 Å². The van der Waals surface area contributed by atoms with Gasteiger partial charge in [-0.05, 0) is 20.8 Å². The van der Waals surface area contributed by atoms with Crippen LogP contribution in [0.25, 0.3) is 0 Å². The largest absolute Gasteiger partial charge is 0.481 e. The van der Waals surface area contributed by atoms with Gasteiger partial charge in [-0.1, -0.05) is 6.92 Å². The van der Waals surface area contributed by atoms with Crippen LogP contribution in [0, 0.1) is 5.92 Å². The first kappa shape index (κ1) is 18.2. The minimum absolute atomic E-state index is 0.0142. The van der Waals surface area contributed by atoms with Gasteiger partial charge in [0.15, 0.2) is 0 Å². The van der Waals surface area contributed by atoms with Gasteiger partial charge >= 0.3 is 12.0 Å². The number of carboxylic acids is 1. The van der Waals surface area contributed by atoms with E-state index in [1.54, 1.807) is 13.8 Å². The van der Waals surface area contributed by atoms with Crippen molar-refractivity contribution < 1.29 is 19.5 Å². The van der Waals surface area contributed by atoms with Crippen LogP contribution in [0.5, 0.6) is 0 Å². The van der Waals surface area contributed by atoms with Crippen LogP contribution in [-0.2, 0) is 9.59 Å². The summed E-state index contributed by atoms with van der Waals surface area (Å²) >= 11 is 0. The Hall–Kier alpha value is -1.79. The number of rotatable bonds is 7. The number of aliphatic carboxylic acids is 1. The van der Waals surface area contributed by atoms with Crippen molar-refractivity contribution in [1.82, 2.24) is 15.1 Å². The lowest BCUT2D eigenvalue weighted by Crippen LogP contribution is -2.48. The first-order valence-electron chi connectivity index (χ1n) is 6.71. The van der Waals surface area contributed by atoms with E-state index in [9.17, 15) is 14.4 Å². The maximum atomic E-state index is 12.1. The zero-order valence-corrected chi connectivity index (χ0v) is 12.8. The first-order chi connectivity index (χ1) is 9.18. The molecule has 0 rings (SSSR count). The maximum Gasteiger partial charge on any atom is 0.320 e. The summed E-state index contributed by atoms with van der Waals surface area (Å²) in [6.45, 7) is 7.47. The molecule has 116 valence electrons. The highest BCUT2D eigenvalue weighted by Crippen LogP contribution is 2.04. The minimum Gasteiger partial charge on any atom is -0.481 e. The van der Waals surface area contributed by atoms with Gasteiger partial charge in [0, 0.05) is 26.2 Å². The highest BCUT2D eigenvalue weighted by atomic mass is 16.4. The second kappa shape index (κ2) is 8.39. The lowest BCUT2D eigenvalue weighted by atomic mass is 10.2. The van der Waals surface area contributed by atoms with Crippen LogP contribution in [0.1, 0.15) is 27.7 Å². The van der Waals surface area contributed by atoms with Crippen LogP contribution in [0.3, 0.4) is 0 Å². The molecule has 7 nitrogen and oxygen atoms in total. The molecule has 3 amide bonds. The summed E-state index contributed by atoms with van der Waals surface area (Å²) in [5.74, 6) is -1.83. The Morgan fingerprint density at radius 3 is 2.15 bits per heavy atom. The van der Waals surface area contributed by atoms with E-state index in [1.807, 2.05) is 13.8 Å². The molecule has 0 heterocycles. The summed E-state index contributed by atoms with van der Waals surface area (Å²) in [7, 11) is 1.52. The molecular weight excluding hydrogens is 262 g/mol. The van der Waals surface area contributed by atoms with E-state index in [1.165, 1.54) is 16.8 Å². The summed E-state index contributed by atoms with van der Waals surface area (Å²) in [6, 6.07) is -0.334. The molecule has 0 saturated carbocycles. The Balaban J connectivity index is 4.52. The topological polar surface area (TPSA) is 90.0 Å². The van der Waals surface area contributed by atoms with E-state index >= 15 is 0 Å². The molecule has 20 heavy (non-hydrogen) atoms. The molecule has 0 spiro atoms. The number of amides is 3. The number of carbonyl (C=O) groups excluding carboxylic acids is 2. The van der Waals surface area contributed by atoms with Gasteiger partial charge in [0.1, 0.15) is 6.54 Å². The molecule has 1 atom stereocenters. The Morgan fingerprint density at radius 1 is 1.20 bits per heavy atom. The van der Waals surface area contributed by atoms with Gasteiger partial charge in [0.25, 0.3) is 0 Å². The number of nitrogens with zero attached hydrogens (tertiary/aromatic N) is 2. The molecule has 0 aliphatic heterocycles.